The van der Waals surface area contributed by atoms with Crippen molar-refractivity contribution in [3.8, 4) is 17.2 Å². The van der Waals surface area contributed by atoms with Crippen LogP contribution in [0.2, 0.25) is 0 Å². The van der Waals surface area contributed by atoms with E-state index in [-0.39, 0.29) is 0 Å². The SMILES string of the molecule is COCCCOc1cccc2c1N(c1ncnc3cc(OC)c(OC)cc13)CC2. The van der Waals surface area contributed by atoms with Gasteiger partial charge in [-0.2, -0.15) is 0 Å². The van der Waals surface area contributed by atoms with Crippen LogP contribution >= 0.6 is 0 Å². The first-order chi connectivity index (χ1) is 14.3. The summed E-state index contributed by atoms with van der Waals surface area (Å²) < 4.78 is 22.1. The van der Waals surface area contributed by atoms with Gasteiger partial charge in [-0.15, -0.1) is 0 Å². The number of anilines is 2. The summed E-state index contributed by atoms with van der Waals surface area (Å²) in [6.07, 6.45) is 3.36. The average Bonchev–Trinajstić information content (AvgIpc) is 3.20. The molecule has 7 nitrogen and oxygen atoms in total. The zero-order chi connectivity index (χ0) is 20.2. The predicted molar refractivity (Wildman–Crippen MR) is 112 cm³/mol. The molecule has 2 heterocycles. The molecule has 0 fully saturated rings. The molecule has 4 rings (SSSR count). The van der Waals surface area contributed by atoms with E-state index in [2.05, 4.69) is 20.9 Å². The summed E-state index contributed by atoms with van der Waals surface area (Å²) in [4.78, 5) is 11.2. The lowest BCUT2D eigenvalue weighted by Gasteiger charge is -2.23. The van der Waals surface area contributed by atoms with Crippen LogP contribution in [0, 0.1) is 0 Å². The van der Waals surface area contributed by atoms with Crippen molar-refractivity contribution in [1.82, 2.24) is 9.97 Å². The molecule has 29 heavy (non-hydrogen) atoms. The molecule has 0 saturated carbocycles. The van der Waals surface area contributed by atoms with E-state index < -0.39 is 0 Å². The van der Waals surface area contributed by atoms with Crippen LogP contribution in [-0.4, -0.2) is 51.1 Å². The van der Waals surface area contributed by atoms with Crippen molar-refractivity contribution in [1.29, 1.82) is 0 Å². The first-order valence-electron chi connectivity index (χ1n) is 9.64. The fourth-order valence-electron chi connectivity index (χ4n) is 3.72. The van der Waals surface area contributed by atoms with E-state index in [1.54, 1.807) is 27.7 Å². The minimum atomic E-state index is 0.605. The number of hydrogen-bond acceptors (Lipinski definition) is 7. The Morgan fingerprint density at radius 1 is 0.966 bits per heavy atom. The molecule has 0 radical (unpaired) electrons. The van der Waals surface area contributed by atoms with Crippen molar-refractivity contribution in [2.45, 2.75) is 12.8 Å². The second-order valence-electron chi connectivity index (χ2n) is 6.78. The van der Waals surface area contributed by atoms with Gasteiger partial charge in [0.05, 0.1) is 32.0 Å². The molecule has 1 aliphatic heterocycles. The Morgan fingerprint density at radius 2 is 1.79 bits per heavy atom. The van der Waals surface area contributed by atoms with Gasteiger partial charge in [-0.3, -0.25) is 0 Å². The number of benzene rings is 2. The molecule has 1 aliphatic rings. The van der Waals surface area contributed by atoms with Crippen LogP contribution in [0.4, 0.5) is 11.5 Å². The van der Waals surface area contributed by atoms with Gasteiger partial charge in [0, 0.05) is 38.1 Å². The highest BCUT2D eigenvalue weighted by Gasteiger charge is 2.27. The predicted octanol–water partition coefficient (Wildman–Crippen LogP) is 3.76. The third kappa shape index (κ3) is 3.65. The minimum Gasteiger partial charge on any atom is -0.493 e. The number of hydrogen-bond donors (Lipinski definition) is 0. The normalized spacial score (nSPS) is 12.9. The summed E-state index contributed by atoms with van der Waals surface area (Å²) >= 11 is 0. The minimum absolute atomic E-state index is 0.605. The third-order valence-electron chi connectivity index (χ3n) is 5.08. The number of methoxy groups -OCH3 is 3. The van der Waals surface area contributed by atoms with E-state index in [9.17, 15) is 0 Å². The summed E-state index contributed by atoms with van der Waals surface area (Å²) in [5, 5.41) is 0.909. The van der Waals surface area contributed by atoms with Crippen molar-refractivity contribution < 1.29 is 18.9 Å². The maximum atomic E-state index is 6.09. The second kappa shape index (κ2) is 8.53. The van der Waals surface area contributed by atoms with Crippen molar-refractivity contribution in [3.63, 3.8) is 0 Å². The highest BCUT2D eigenvalue weighted by Crippen LogP contribution is 2.44. The maximum Gasteiger partial charge on any atom is 0.162 e. The first-order valence-corrected chi connectivity index (χ1v) is 9.64. The van der Waals surface area contributed by atoms with E-state index in [0.29, 0.717) is 24.7 Å². The van der Waals surface area contributed by atoms with Gasteiger partial charge in [-0.1, -0.05) is 12.1 Å². The molecule has 0 saturated heterocycles. The Morgan fingerprint density at radius 3 is 2.59 bits per heavy atom. The van der Waals surface area contributed by atoms with Gasteiger partial charge in [-0.05, 0) is 24.1 Å². The average molecular weight is 395 g/mol. The van der Waals surface area contributed by atoms with E-state index in [1.807, 2.05) is 24.3 Å². The van der Waals surface area contributed by atoms with Gasteiger partial charge in [-0.25, -0.2) is 9.97 Å². The number of fused-ring (bicyclic) bond motifs is 2. The Balaban J connectivity index is 1.75. The Bertz CT molecular complexity index is 1010. The molecule has 0 bridgehead atoms. The van der Waals surface area contributed by atoms with Gasteiger partial charge in [0.2, 0.25) is 0 Å². The molecule has 0 atom stereocenters. The molecule has 0 aliphatic carbocycles. The van der Waals surface area contributed by atoms with Gasteiger partial charge >= 0.3 is 0 Å². The standard InChI is InChI=1S/C22H25N3O4/c1-26-10-5-11-29-18-7-4-6-15-8-9-25(21(15)18)22-16-12-19(27-2)20(28-3)13-17(16)23-14-24-22/h4,6-7,12-14H,5,8-11H2,1-3H3. The van der Waals surface area contributed by atoms with Gasteiger partial charge in [0.1, 0.15) is 17.9 Å². The molecule has 7 heteroatoms. The molecule has 152 valence electrons. The second-order valence-corrected chi connectivity index (χ2v) is 6.78. The Hall–Kier alpha value is -3.06. The molecule has 0 unspecified atom stereocenters. The maximum absolute atomic E-state index is 6.09. The quantitative estimate of drug-likeness (QED) is 0.538. The van der Waals surface area contributed by atoms with Crippen LogP contribution in [0.5, 0.6) is 17.2 Å². The lowest BCUT2D eigenvalue weighted by Crippen LogP contribution is -2.16. The number of rotatable bonds is 8. The molecule has 3 aromatic rings. The van der Waals surface area contributed by atoms with Gasteiger partial charge < -0.3 is 23.8 Å². The smallest absolute Gasteiger partial charge is 0.162 e. The molecule has 0 amide bonds. The summed E-state index contributed by atoms with van der Waals surface area (Å²) in [5.41, 5.74) is 3.13. The van der Waals surface area contributed by atoms with E-state index in [0.717, 1.165) is 47.5 Å². The van der Waals surface area contributed by atoms with E-state index in [4.69, 9.17) is 18.9 Å². The van der Waals surface area contributed by atoms with Crippen LogP contribution in [-0.2, 0) is 11.2 Å². The van der Waals surface area contributed by atoms with Crippen LogP contribution in [0.15, 0.2) is 36.7 Å². The van der Waals surface area contributed by atoms with Crippen molar-refractivity contribution in [3.05, 3.63) is 42.2 Å². The van der Waals surface area contributed by atoms with Gasteiger partial charge in [0.15, 0.2) is 11.5 Å². The monoisotopic (exact) mass is 395 g/mol. The lowest BCUT2D eigenvalue weighted by atomic mass is 10.1. The lowest BCUT2D eigenvalue weighted by molar-refractivity contribution is 0.172. The zero-order valence-corrected chi connectivity index (χ0v) is 17.0. The van der Waals surface area contributed by atoms with Crippen LogP contribution in [0.3, 0.4) is 0 Å². The number of ether oxygens (including phenoxy) is 4. The number of nitrogens with zero attached hydrogens (tertiary/aromatic N) is 3. The first kappa shape index (κ1) is 19.3. The third-order valence-corrected chi connectivity index (χ3v) is 5.08. The molecule has 0 spiro atoms. The van der Waals surface area contributed by atoms with E-state index >= 15 is 0 Å². The summed E-state index contributed by atoms with van der Waals surface area (Å²) in [5.74, 6) is 3.00. The number of para-hydroxylation sites is 1. The molecule has 0 N–H and O–H groups in total. The topological polar surface area (TPSA) is 65.9 Å². The van der Waals surface area contributed by atoms with Crippen molar-refractivity contribution >= 4 is 22.4 Å². The molecular formula is C22H25N3O4. The summed E-state index contributed by atoms with van der Waals surface area (Å²) in [6, 6.07) is 10.0. The molecule has 2 aromatic carbocycles. The Labute approximate surface area is 170 Å². The van der Waals surface area contributed by atoms with Crippen LogP contribution in [0.25, 0.3) is 10.9 Å². The zero-order valence-electron chi connectivity index (χ0n) is 17.0. The van der Waals surface area contributed by atoms with Crippen LogP contribution < -0.4 is 19.1 Å². The highest BCUT2D eigenvalue weighted by atomic mass is 16.5. The van der Waals surface area contributed by atoms with Crippen molar-refractivity contribution in [2.75, 3.05) is 46.0 Å². The fourth-order valence-corrected chi connectivity index (χ4v) is 3.72. The largest absolute Gasteiger partial charge is 0.493 e. The van der Waals surface area contributed by atoms with Crippen molar-refractivity contribution in [2.24, 2.45) is 0 Å². The fraction of sp³-hybridized carbons (Fsp3) is 0.364. The Kier molecular flexibility index (Phi) is 5.67. The summed E-state index contributed by atoms with van der Waals surface area (Å²) in [6.45, 7) is 2.11. The number of aromatic nitrogens is 2. The summed E-state index contributed by atoms with van der Waals surface area (Å²) in [7, 11) is 4.95. The highest BCUT2D eigenvalue weighted by molar-refractivity contribution is 5.95. The molecular weight excluding hydrogens is 370 g/mol. The molecule has 1 aromatic heterocycles. The van der Waals surface area contributed by atoms with Gasteiger partial charge in [0.25, 0.3) is 0 Å². The van der Waals surface area contributed by atoms with Crippen LogP contribution in [0.1, 0.15) is 12.0 Å². The van der Waals surface area contributed by atoms with E-state index in [1.165, 1.54) is 5.56 Å².